The van der Waals surface area contributed by atoms with Gasteiger partial charge in [-0.2, -0.15) is 0 Å². The Bertz CT molecular complexity index is 326. The summed E-state index contributed by atoms with van der Waals surface area (Å²) in [7, 11) is 0. The van der Waals surface area contributed by atoms with Gasteiger partial charge in [0.05, 0.1) is 0 Å². The molecule has 1 aliphatic carbocycles. The lowest BCUT2D eigenvalue weighted by molar-refractivity contribution is 0.231. The first-order valence-corrected chi connectivity index (χ1v) is 6.98. The first-order chi connectivity index (χ1) is 7.70. The van der Waals surface area contributed by atoms with Gasteiger partial charge in [-0.05, 0) is 43.7 Å². The van der Waals surface area contributed by atoms with Gasteiger partial charge in [-0.15, -0.1) is 11.3 Å². The zero-order chi connectivity index (χ0) is 11.5. The van der Waals surface area contributed by atoms with Crippen LogP contribution >= 0.6 is 11.3 Å². The number of aliphatic hydroxyl groups is 1. The predicted molar refractivity (Wildman–Crippen MR) is 69.0 cm³/mol. The zero-order valence-corrected chi connectivity index (χ0v) is 10.9. The van der Waals surface area contributed by atoms with Crippen LogP contribution in [0.15, 0.2) is 6.07 Å². The topological polar surface area (TPSA) is 32.3 Å². The third-order valence-corrected chi connectivity index (χ3v) is 4.70. The number of aryl methyl sites for hydroxylation is 2. The molecule has 1 aromatic rings. The molecule has 0 saturated heterocycles. The van der Waals surface area contributed by atoms with Gasteiger partial charge in [-0.25, -0.2) is 0 Å². The van der Waals surface area contributed by atoms with E-state index in [2.05, 4.69) is 25.2 Å². The Morgan fingerprint density at radius 1 is 1.44 bits per heavy atom. The Hall–Kier alpha value is -0.380. The maximum atomic E-state index is 8.98. The minimum absolute atomic E-state index is 0.265. The molecule has 0 aliphatic heterocycles. The Balaban J connectivity index is 1.91. The van der Waals surface area contributed by atoms with Gasteiger partial charge in [0.25, 0.3) is 0 Å². The van der Waals surface area contributed by atoms with E-state index in [0.29, 0.717) is 12.0 Å². The summed E-state index contributed by atoms with van der Waals surface area (Å²) < 4.78 is 0. The standard InChI is InChI=1S/C13H21NOS/c1-9(8-15)7-14-10(2)13-6-11-4-3-5-12(11)16-13/h6,9-10,14-15H,3-5,7-8H2,1-2H3. The van der Waals surface area contributed by atoms with Crippen LogP contribution < -0.4 is 5.32 Å². The van der Waals surface area contributed by atoms with Gasteiger partial charge < -0.3 is 10.4 Å². The molecule has 2 atom stereocenters. The second-order valence-corrected chi connectivity index (χ2v) is 6.04. The van der Waals surface area contributed by atoms with Crippen LogP contribution in [-0.4, -0.2) is 18.3 Å². The van der Waals surface area contributed by atoms with Gasteiger partial charge in [-0.1, -0.05) is 6.92 Å². The molecular weight excluding hydrogens is 218 g/mol. The second kappa shape index (κ2) is 5.30. The largest absolute Gasteiger partial charge is 0.396 e. The SMILES string of the molecule is CC(CO)CNC(C)c1cc2c(s1)CCC2. The van der Waals surface area contributed by atoms with Gasteiger partial charge in [0.2, 0.25) is 0 Å². The molecule has 16 heavy (non-hydrogen) atoms. The van der Waals surface area contributed by atoms with E-state index in [0.717, 1.165) is 6.54 Å². The number of hydrogen-bond acceptors (Lipinski definition) is 3. The summed E-state index contributed by atoms with van der Waals surface area (Å²) in [6.45, 7) is 5.43. The van der Waals surface area contributed by atoms with Crippen molar-refractivity contribution in [3.05, 3.63) is 21.4 Å². The highest BCUT2D eigenvalue weighted by Gasteiger charge is 2.17. The van der Waals surface area contributed by atoms with E-state index in [1.54, 1.807) is 10.4 Å². The molecule has 1 heterocycles. The molecule has 2 nitrogen and oxygen atoms in total. The molecule has 0 radical (unpaired) electrons. The fourth-order valence-corrected chi connectivity index (χ4v) is 3.39. The van der Waals surface area contributed by atoms with Crippen LogP contribution in [0, 0.1) is 5.92 Å². The van der Waals surface area contributed by atoms with Crippen LogP contribution in [0.25, 0.3) is 0 Å². The number of nitrogens with one attached hydrogen (secondary N) is 1. The fraction of sp³-hybridized carbons (Fsp3) is 0.692. The van der Waals surface area contributed by atoms with E-state index in [4.69, 9.17) is 5.11 Å². The van der Waals surface area contributed by atoms with Crippen molar-refractivity contribution in [3.63, 3.8) is 0 Å². The van der Waals surface area contributed by atoms with Crippen molar-refractivity contribution in [1.29, 1.82) is 0 Å². The minimum Gasteiger partial charge on any atom is -0.396 e. The summed E-state index contributed by atoms with van der Waals surface area (Å²) >= 11 is 1.96. The molecule has 2 rings (SSSR count). The molecule has 1 aliphatic rings. The number of hydrogen-bond donors (Lipinski definition) is 2. The third kappa shape index (κ3) is 2.65. The monoisotopic (exact) mass is 239 g/mol. The maximum absolute atomic E-state index is 8.98. The van der Waals surface area contributed by atoms with Crippen molar-refractivity contribution in [2.75, 3.05) is 13.2 Å². The van der Waals surface area contributed by atoms with Crippen molar-refractivity contribution in [3.8, 4) is 0 Å². The van der Waals surface area contributed by atoms with E-state index < -0.39 is 0 Å². The number of aliphatic hydroxyl groups excluding tert-OH is 1. The van der Waals surface area contributed by atoms with Crippen LogP contribution in [0.1, 0.15) is 41.6 Å². The van der Waals surface area contributed by atoms with Gasteiger partial charge in [-0.3, -0.25) is 0 Å². The van der Waals surface area contributed by atoms with Gasteiger partial charge in [0.15, 0.2) is 0 Å². The first-order valence-electron chi connectivity index (χ1n) is 6.16. The fourth-order valence-electron chi connectivity index (χ4n) is 2.11. The third-order valence-electron chi connectivity index (χ3n) is 3.28. The molecule has 0 saturated carbocycles. The van der Waals surface area contributed by atoms with Crippen molar-refractivity contribution >= 4 is 11.3 Å². The lowest BCUT2D eigenvalue weighted by atomic mass is 10.1. The van der Waals surface area contributed by atoms with Gasteiger partial charge >= 0.3 is 0 Å². The molecule has 0 amide bonds. The quantitative estimate of drug-likeness (QED) is 0.827. The Kier molecular flexibility index (Phi) is 4.00. The summed E-state index contributed by atoms with van der Waals surface area (Å²) in [4.78, 5) is 3.05. The second-order valence-electron chi connectivity index (χ2n) is 4.87. The van der Waals surface area contributed by atoms with Gasteiger partial charge in [0.1, 0.15) is 0 Å². The smallest absolute Gasteiger partial charge is 0.0468 e. The highest BCUT2D eigenvalue weighted by Crippen LogP contribution is 2.33. The zero-order valence-electron chi connectivity index (χ0n) is 10.1. The Labute approximate surface area is 102 Å². The van der Waals surface area contributed by atoms with Crippen LogP contribution in [-0.2, 0) is 12.8 Å². The van der Waals surface area contributed by atoms with Crippen LogP contribution in [0.4, 0.5) is 0 Å². The maximum Gasteiger partial charge on any atom is 0.0468 e. The molecule has 90 valence electrons. The van der Waals surface area contributed by atoms with Crippen LogP contribution in [0.5, 0.6) is 0 Å². The van der Waals surface area contributed by atoms with E-state index in [1.165, 1.54) is 24.1 Å². The van der Waals surface area contributed by atoms with Crippen LogP contribution in [0.3, 0.4) is 0 Å². The van der Waals surface area contributed by atoms with E-state index in [-0.39, 0.29) is 6.61 Å². The molecule has 2 N–H and O–H groups in total. The van der Waals surface area contributed by atoms with Gasteiger partial charge in [0, 0.05) is 28.9 Å². The molecule has 0 spiro atoms. The Morgan fingerprint density at radius 2 is 2.25 bits per heavy atom. The average Bonchev–Trinajstić information content (AvgIpc) is 2.85. The van der Waals surface area contributed by atoms with E-state index in [9.17, 15) is 0 Å². The molecule has 0 bridgehead atoms. The van der Waals surface area contributed by atoms with Crippen molar-refractivity contribution in [2.24, 2.45) is 5.92 Å². The normalized spacial score (nSPS) is 18.4. The minimum atomic E-state index is 0.265. The molecule has 1 aromatic heterocycles. The summed E-state index contributed by atoms with van der Waals surface area (Å²) in [5, 5.41) is 12.5. The molecule has 3 heteroatoms. The molecule has 0 aromatic carbocycles. The van der Waals surface area contributed by atoms with Crippen molar-refractivity contribution in [1.82, 2.24) is 5.32 Å². The number of fused-ring (bicyclic) bond motifs is 1. The van der Waals surface area contributed by atoms with Crippen molar-refractivity contribution in [2.45, 2.75) is 39.2 Å². The highest BCUT2D eigenvalue weighted by atomic mass is 32.1. The number of thiophene rings is 1. The van der Waals surface area contributed by atoms with E-state index in [1.807, 2.05) is 11.3 Å². The van der Waals surface area contributed by atoms with Crippen LogP contribution in [0.2, 0.25) is 0 Å². The highest BCUT2D eigenvalue weighted by molar-refractivity contribution is 7.12. The number of rotatable bonds is 5. The van der Waals surface area contributed by atoms with Crippen molar-refractivity contribution < 1.29 is 5.11 Å². The van der Waals surface area contributed by atoms with E-state index >= 15 is 0 Å². The first kappa shape index (κ1) is 12.1. The molecule has 2 unspecified atom stereocenters. The lowest BCUT2D eigenvalue weighted by Crippen LogP contribution is -2.25. The molecule has 0 fully saturated rings. The summed E-state index contributed by atoms with van der Waals surface area (Å²) in [6, 6.07) is 2.79. The summed E-state index contributed by atoms with van der Waals surface area (Å²) in [6.07, 6.45) is 3.89. The summed E-state index contributed by atoms with van der Waals surface area (Å²) in [5.74, 6) is 0.342. The lowest BCUT2D eigenvalue weighted by Gasteiger charge is -2.15. The molecular formula is C13H21NOS. The average molecular weight is 239 g/mol. The summed E-state index contributed by atoms with van der Waals surface area (Å²) in [5.41, 5.74) is 1.57. The predicted octanol–water partition coefficient (Wildman–Crippen LogP) is 2.52. The Morgan fingerprint density at radius 3 is 2.94 bits per heavy atom.